The first kappa shape index (κ1) is 9.77. The average molecular weight is 182 g/mol. The van der Waals surface area contributed by atoms with Crippen LogP contribution in [0.2, 0.25) is 0 Å². The first-order valence-electron chi connectivity index (χ1n) is 4.24. The minimum atomic E-state index is -0.779. The van der Waals surface area contributed by atoms with E-state index in [4.69, 9.17) is 5.11 Å². The number of rotatable bonds is 3. The van der Waals surface area contributed by atoms with E-state index in [-0.39, 0.29) is 5.92 Å². The first-order valence-corrected chi connectivity index (χ1v) is 4.24. The predicted molar refractivity (Wildman–Crippen MR) is 48.4 cm³/mol. The molecule has 4 nitrogen and oxygen atoms in total. The van der Waals surface area contributed by atoms with Gasteiger partial charge in [-0.1, -0.05) is 13.8 Å². The summed E-state index contributed by atoms with van der Waals surface area (Å²) in [6, 6.07) is 1.85. The van der Waals surface area contributed by atoms with Crippen LogP contribution >= 0.6 is 0 Å². The fourth-order valence-electron chi connectivity index (χ4n) is 1.15. The van der Waals surface area contributed by atoms with E-state index in [1.807, 2.05) is 26.2 Å². The lowest BCUT2D eigenvalue weighted by Crippen LogP contribution is -2.17. The van der Waals surface area contributed by atoms with E-state index in [0.29, 0.717) is 0 Å². The quantitative estimate of drug-likeness (QED) is 0.765. The lowest BCUT2D eigenvalue weighted by molar-refractivity contribution is -0.141. The van der Waals surface area contributed by atoms with Crippen LogP contribution in [0.3, 0.4) is 0 Å². The molecular formula is C9H14N2O2. The summed E-state index contributed by atoms with van der Waals surface area (Å²) in [4.78, 5) is 10.7. The number of aryl methyl sites for hydroxylation is 1. The van der Waals surface area contributed by atoms with Crippen molar-refractivity contribution in [2.45, 2.75) is 19.8 Å². The summed E-state index contributed by atoms with van der Waals surface area (Å²) in [5.74, 6) is -1.22. The van der Waals surface area contributed by atoms with Gasteiger partial charge < -0.3 is 5.11 Å². The molecule has 0 aliphatic rings. The molecule has 0 saturated heterocycles. The number of aromatic nitrogens is 2. The van der Waals surface area contributed by atoms with Crippen molar-refractivity contribution in [1.82, 2.24) is 9.78 Å². The van der Waals surface area contributed by atoms with Gasteiger partial charge in [-0.05, 0) is 6.07 Å². The van der Waals surface area contributed by atoms with Gasteiger partial charge in [0.05, 0.1) is 11.6 Å². The second-order valence-electron chi connectivity index (χ2n) is 3.33. The number of hydrogen-bond donors (Lipinski definition) is 1. The van der Waals surface area contributed by atoms with Gasteiger partial charge in [0.1, 0.15) is 0 Å². The van der Waals surface area contributed by atoms with E-state index in [9.17, 15) is 4.79 Å². The summed E-state index contributed by atoms with van der Waals surface area (Å²) in [5, 5.41) is 13.0. The van der Waals surface area contributed by atoms with Crippen LogP contribution < -0.4 is 0 Å². The molecule has 1 heterocycles. The highest BCUT2D eigenvalue weighted by Gasteiger charge is 2.22. The largest absolute Gasteiger partial charge is 0.481 e. The molecule has 72 valence electrons. The van der Waals surface area contributed by atoms with Crippen molar-refractivity contribution in [1.29, 1.82) is 0 Å². The van der Waals surface area contributed by atoms with Crippen molar-refractivity contribution < 1.29 is 9.90 Å². The standard InChI is InChI=1S/C9H14N2O2/c1-6(7(2)9(12)13)8-4-5-11(3)10-8/h4-7H,1-3H3,(H,12,13). The summed E-state index contributed by atoms with van der Waals surface area (Å²) >= 11 is 0. The highest BCUT2D eigenvalue weighted by molar-refractivity contribution is 5.70. The predicted octanol–water partition coefficient (Wildman–Crippen LogP) is 1.24. The van der Waals surface area contributed by atoms with E-state index < -0.39 is 11.9 Å². The van der Waals surface area contributed by atoms with Gasteiger partial charge in [-0.25, -0.2) is 0 Å². The average Bonchev–Trinajstić information content (AvgIpc) is 2.49. The third-order valence-corrected chi connectivity index (χ3v) is 2.34. The summed E-state index contributed by atoms with van der Waals surface area (Å²) in [6.07, 6.45) is 1.82. The normalized spacial score (nSPS) is 15.3. The third kappa shape index (κ3) is 2.08. The van der Waals surface area contributed by atoms with Gasteiger partial charge in [0.2, 0.25) is 0 Å². The van der Waals surface area contributed by atoms with E-state index in [0.717, 1.165) is 5.69 Å². The van der Waals surface area contributed by atoms with Crippen LogP contribution in [-0.2, 0) is 11.8 Å². The molecular weight excluding hydrogens is 168 g/mol. The smallest absolute Gasteiger partial charge is 0.306 e. The summed E-state index contributed by atoms with van der Waals surface area (Å²) in [6.45, 7) is 3.57. The van der Waals surface area contributed by atoms with Gasteiger partial charge >= 0.3 is 5.97 Å². The minimum Gasteiger partial charge on any atom is -0.481 e. The van der Waals surface area contributed by atoms with Crippen LogP contribution in [0.1, 0.15) is 25.5 Å². The molecule has 0 saturated carbocycles. The second-order valence-corrected chi connectivity index (χ2v) is 3.33. The fraction of sp³-hybridized carbons (Fsp3) is 0.556. The van der Waals surface area contributed by atoms with Crippen LogP contribution in [0.15, 0.2) is 12.3 Å². The van der Waals surface area contributed by atoms with Crippen LogP contribution in [-0.4, -0.2) is 20.9 Å². The van der Waals surface area contributed by atoms with Crippen molar-refractivity contribution >= 4 is 5.97 Å². The highest BCUT2D eigenvalue weighted by Crippen LogP contribution is 2.22. The highest BCUT2D eigenvalue weighted by atomic mass is 16.4. The molecule has 1 aromatic heterocycles. The lowest BCUT2D eigenvalue weighted by atomic mass is 9.93. The molecule has 0 aliphatic heterocycles. The Balaban J connectivity index is 2.78. The van der Waals surface area contributed by atoms with Gasteiger partial charge in [0, 0.05) is 19.2 Å². The molecule has 1 rings (SSSR count). The maximum Gasteiger partial charge on any atom is 0.306 e. The van der Waals surface area contributed by atoms with Gasteiger partial charge in [-0.3, -0.25) is 9.48 Å². The zero-order valence-electron chi connectivity index (χ0n) is 8.06. The monoisotopic (exact) mass is 182 g/mol. The number of hydrogen-bond acceptors (Lipinski definition) is 2. The van der Waals surface area contributed by atoms with Gasteiger partial charge in [0.25, 0.3) is 0 Å². The lowest BCUT2D eigenvalue weighted by Gasteiger charge is -2.12. The Bertz CT molecular complexity index is 306. The van der Waals surface area contributed by atoms with Crippen molar-refractivity contribution in [3.8, 4) is 0 Å². The second kappa shape index (κ2) is 3.60. The molecule has 0 bridgehead atoms. The van der Waals surface area contributed by atoms with Gasteiger partial charge in [0.15, 0.2) is 0 Å². The van der Waals surface area contributed by atoms with Gasteiger partial charge in [-0.2, -0.15) is 5.10 Å². The maximum absolute atomic E-state index is 10.7. The van der Waals surface area contributed by atoms with Gasteiger partial charge in [-0.15, -0.1) is 0 Å². The van der Waals surface area contributed by atoms with Crippen LogP contribution in [0.5, 0.6) is 0 Å². The van der Waals surface area contributed by atoms with Crippen LogP contribution in [0.25, 0.3) is 0 Å². The number of aliphatic carboxylic acids is 1. The first-order chi connectivity index (χ1) is 6.02. The third-order valence-electron chi connectivity index (χ3n) is 2.34. The molecule has 0 aliphatic carbocycles. The van der Waals surface area contributed by atoms with E-state index in [1.54, 1.807) is 11.6 Å². The molecule has 1 N–H and O–H groups in total. The fourth-order valence-corrected chi connectivity index (χ4v) is 1.15. The van der Waals surface area contributed by atoms with Crippen LogP contribution in [0, 0.1) is 5.92 Å². The molecule has 2 unspecified atom stereocenters. The summed E-state index contributed by atoms with van der Waals surface area (Å²) < 4.78 is 1.68. The SMILES string of the molecule is CC(C(=O)O)C(C)c1ccn(C)n1. The molecule has 0 spiro atoms. The Hall–Kier alpha value is -1.32. The Morgan fingerprint density at radius 3 is 2.62 bits per heavy atom. The Morgan fingerprint density at radius 2 is 2.23 bits per heavy atom. The number of carbonyl (C=O) groups is 1. The molecule has 13 heavy (non-hydrogen) atoms. The topological polar surface area (TPSA) is 55.1 Å². The zero-order valence-corrected chi connectivity index (χ0v) is 8.06. The minimum absolute atomic E-state index is 0.0429. The molecule has 0 radical (unpaired) electrons. The van der Waals surface area contributed by atoms with Crippen molar-refractivity contribution in [2.75, 3.05) is 0 Å². The molecule has 1 aromatic rings. The van der Waals surface area contributed by atoms with Crippen molar-refractivity contribution in [2.24, 2.45) is 13.0 Å². The maximum atomic E-state index is 10.7. The molecule has 4 heteroatoms. The van der Waals surface area contributed by atoms with E-state index in [1.165, 1.54) is 0 Å². The van der Waals surface area contributed by atoms with Crippen molar-refractivity contribution in [3.05, 3.63) is 18.0 Å². The number of carboxylic acids is 1. The molecule has 0 amide bonds. The van der Waals surface area contributed by atoms with Crippen LogP contribution in [0.4, 0.5) is 0 Å². The summed E-state index contributed by atoms with van der Waals surface area (Å²) in [7, 11) is 1.82. The van der Waals surface area contributed by atoms with E-state index >= 15 is 0 Å². The Morgan fingerprint density at radius 1 is 1.62 bits per heavy atom. The Kier molecular flexibility index (Phi) is 2.70. The van der Waals surface area contributed by atoms with E-state index in [2.05, 4.69) is 5.10 Å². The summed E-state index contributed by atoms with van der Waals surface area (Å²) in [5.41, 5.74) is 0.831. The molecule has 2 atom stereocenters. The van der Waals surface area contributed by atoms with Crippen molar-refractivity contribution in [3.63, 3.8) is 0 Å². The number of nitrogens with zero attached hydrogens (tertiary/aromatic N) is 2. The molecule has 0 fully saturated rings. The Labute approximate surface area is 77.2 Å². The molecule has 0 aromatic carbocycles. The zero-order chi connectivity index (χ0) is 10.0. The number of carboxylic acid groups (broad SMARTS) is 1.